The molecular formula is C10H11FN4. The van der Waals surface area contributed by atoms with Gasteiger partial charge in [-0.3, -0.25) is 0 Å². The molecule has 3 rings (SSSR count). The van der Waals surface area contributed by atoms with Gasteiger partial charge in [0.1, 0.15) is 12.1 Å². The highest BCUT2D eigenvalue weighted by atomic mass is 19.1. The molecule has 1 aromatic carbocycles. The minimum absolute atomic E-state index is 0.177. The number of anilines is 1. The van der Waals surface area contributed by atoms with E-state index in [1.807, 2.05) is 0 Å². The summed E-state index contributed by atoms with van der Waals surface area (Å²) in [4.78, 5) is 0. The Kier molecular flexibility index (Phi) is 1.62. The number of aromatic amines is 1. The van der Waals surface area contributed by atoms with Crippen LogP contribution in [0.1, 0.15) is 24.3 Å². The summed E-state index contributed by atoms with van der Waals surface area (Å²) in [5.41, 5.74) is 7.65. The molecular weight excluding hydrogens is 195 g/mol. The fourth-order valence-corrected chi connectivity index (χ4v) is 1.75. The highest BCUT2D eigenvalue weighted by Gasteiger charge is 2.28. The molecule has 78 valence electrons. The van der Waals surface area contributed by atoms with E-state index in [4.69, 9.17) is 5.73 Å². The summed E-state index contributed by atoms with van der Waals surface area (Å²) >= 11 is 0. The van der Waals surface area contributed by atoms with E-state index in [-0.39, 0.29) is 11.5 Å². The van der Waals surface area contributed by atoms with E-state index in [9.17, 15) is 4.39 Å². The monoisotopic (exact) mass is 206 g/mol. The predicted molar refractivity (Wildman–Crippen MR) is 54.3 cm³/mol. The second kappa shape index (κ2) is 2.85. The van der Waals surface area contributed by atoms with Crippen molar-refractivity contribution in [3.05, 3.63) is 29.8 Å². The molecule has 15 heavy (non-hydrogen) atoms. The van der Waals surface area contributed by atoms with Crippen LogP contribution in [0.25, 0.3) is 5.69 Å². The maximum Gasteiger partial charge on any atom is 0.146 e. The Morgan fingerprint density at radius 2 is 2.20 bits per heavy atom. The van der Waals surface area contributed by atoms with Gasteiger partial charge in [-0.05, 0) is 36.5 Å². The first kappa shape index (κ1) is 8.52. The number of nitrogens with one attached hydrogen (secondary N) is 1. The SMILES string of the molecule is Nc1cc(-n2cn[nH]2)c(C2CC2)cc1F. The van der Waals surface area contributed by atoms with E-state index in [1.165, 1.54) is 6.07 Å². The molecule has 1 aromatic heterocycles. The molecule has 0 aliphatic heterocycles. The molecule has 1 saturated carbocycles. The second-order valence-electron chi connectivity index (χ2n) is 3.92. The molecule has 0 radical (unpaired) electrons. The number of benzene rings is 1. The van der Waals surface area contributed by atoms with Crippen molar-refractivity contribution in [3.8, 4) is 5.69 Å². The van der Waals surface area contributed by atoms with Crippen molar-refractivity contribution in [1.29, 1.82) is 0 Å². The van der Waals surface area contributed by atoms with Gasteiger partial charge in [0.25, 0.3) is 0 Å². The Hall–Kier alpha value is -1.78. The van der Waals surface area contributed by atoms with Gasteiger partial charge >= 0.3 is 0 Å². The van der Waals surface area contributed by atoms with Gasteiger partial charge in [-0.2, -0.15) is 0 Å². The number of hydrogen-bond acceptors (Lipinski definition) is 2. The lowest BCUT2D eigenvalue weighted by Crippen LogP contribution is -2.11. The molecule has 1 heterocycles. The summed E-state index contributed by atoms with van der Waals surface area (Å²) in [5, 5.41) is 6.52. The van der Waals surface area contributed by atoms with Crippen molar-refractivity contribution < 1.29 is 4.39 Å². The van der Waals surface area contributed by atoms with Crippen molar-refractivity contribution in [2.45, 2.75) is 18.8 Å². The summed E-state index contributed by atoms with van der Waals surface area (Å²) < 4.78 is 15.1. The molecule has 0 unspecified atom stereocenters. The Bertz CT molecular complexity index is 486. The zero-order valence-electron chi connectivity index (χ0n) is 8.07. The maximum atomic E-state index is 13.3. The highest BCUT2D eigenvalue weighted by molar-refractivity contribution is 5.55. The van der Waals surface area contributed by atoms with Gasteiger partial charge in [-0.1, -0.05) is 0 Å². The van der Waals surface area contributed by atoms with Crippen LogP contribution in [0.15, 0.2) is 18.5 Å². The van der Waals surface area contributed by atoms with E-state index in [2.05, 4.69) is 10.3 Å². The van der Waals surface area contributed by atoms with Gasteiger partial charge in [0.2, 0.25) is 0 Å². The number of halogens is 1. The molecule has 1 fully saturated rings. The van der Waals surface area contributed by atoms with Gasteiger partial charge in [-0.25, -0.2) is 14.3 Å². The van der Waals surface area contributed by atoms with Crippen LogP contribution in [-0.4, -0.2) is 15.0 Å². The highest BCUT2D eigenvalue weighted by Crippen LogP contribution is 2.43. The Balaban J connectivity index is 2.15. The van der Waals surface area contributed by atoms with Crippen molar-refractivity contribution in [2.75, 3.05) is 5.73 Å². The largest absolute Gasteiger partial charge is 0.396 e. The van der Waals surface area contributed by atoms with E-state index >= 15 is 0 Å². The third-order valence-corrected chi connectivity index (χ3v) is 2.76. The van der Waals surface area contributed by atoms with E-state index < -0.39 is 0 Å². The quantitative estimate of drug-likeness (QED) is 0.736. The molecule has 0 saturated heterocycles. The molecule has 0 atom stereocenters. The first-order valence-electron chi connectivity index (χ1n) is 4.92. The third kappa shape index (κ3) is 1.31. The molecule has 3 N–H and O–H groups in total. The van der Waals surface area contributed by atoms with Crippen molar-refractivity contribution >= 4 is 5.69 Å². The Morgan fingerprint density at radius 3 is 2.73 bits per heavy atom. The van der Waals surface area contributed by atoms with Crippen LogP contribution >= 0.6 is 0 Å². The molecule has 5 heteroatoms. The summed E-state index contributed by atoms with van der Waals surface area (Å²) in [6.45, 7) is 0. The zero-order valence-corrected chi connectivity index (χ0v) is 8.07. The van der Waals surface area contributed by atoms with Gasteiger partial charge in [0.05, 0.1) is 11.4 Å². The van der Waals surface area contributed by atoms with Gasteiger partial charge < -0.3 is 5.73 Å². The minimum Gasteiger partial charge on any atom is -0.396 e. The fraction of sp³-hybridized carbons (Fsp3) is 0.300. The summed E-state index contributed by atoms with van der Waals surface area (Å²) in [6, 6.07) is 3.19. The van der Waals surface area contributed by atoms with Crippen LogP contribution in [0.2, 0.25) is 0 Å². The van der Waals surface area contributed by atoms with Crippen LogP contribution in [0.3, 0.4) is 0 Å². The van der Waals surface area contributed by atoms with Crippen LogP contribution in [0.5, 0.6) is 0 Å². The molecule has 4 nitrogen and oxygen atoms in total. The molecule has 0 spiro atoms. The first-order valence-corrected chi connectivity index (χ1v) is 4.92. The first-order chi connectivity index (χ1) is 7.25. The molecule has 0 bridgehead atoms. The molecule has 0 amide bonds. The number of nitrogen functional groups attached to an aromatic ring is 1. The lowest BCUT2D eigenvalue weighted by atomic mass is 10.1. The van der Waals surface area contributed by atoms with E-state index in [0.717, 1.165) is 24.1 Å². The normalized spacial score (nSPS) is 15.8. The van der Waals surface area contributed by atoms with Crippen LogP contribution in [-0.2, 0) is 0 Å². The standard InChI is InChI=1S/C10H11FN4/c11-8-3-7(6-1-2-6)10(4-9(8)12)15-5-13-14-15/h3-6,14H,1-2,12H2. The lowest BCUT2D eigenvalue weighted by Gasteiger charge is -2.14. The third-order valence-electron chi connectivity index (χ3n) is 2.76. The number of nitrogens with two attached hydrogens (primary N) is 1. The van der Waals surface area contributed by atoms with Crippen LogP contribution in [0.4, 0.5) is 10.1 Å². The minimum atomic E-state index is -0.335. The van der Waals surface area contributed by atoms with Crippen molar-refractivity contribution in [2.24, 2.45) is 0 Å². The van der Waals surface area contributed by atoms with Gasteiger partial charge in [0, 0.05) is 0 Å². The van der Waals surface area contributed by atoms with Gasteiger partial charge in [0.15, 0.2) is 0 Å². The topological polar surface area (TPSA) is 59.6 Å². The van der Waals surface area contributed by atoms with Crippen LogP contribution < -0.4 is 5.73 Å². The number of H-pyrrole nitrogens is 1. The Morgan fingerprint density at radius 1 is 1.47 bits per heavy atom. The number of aromatic nitrogens is 3. The average Bonchev–Trinajstić information content (AvgIpc) is 2.91. The van der Waals surface area contributed by atoms with Crippen molar-refractivity contribution in [3.63, 3.8) is 0 Å². The molecule has 1 aliphatic carbocycles. The molecule has 1 aliphatic rings. The summed E-state index contributed by atoms with van der Waals surface area (Å²) in [7, 11) is 0. The maximum absolute atomic E-state index is 13.3. The van der Waals surface area contributed by atoms with E-state index in [1.54, 1.807) is 17.1 Å². The van der Waals surface area contributed by atoms with E-state index in [0.29, 0.717) is 5.92 Å². The number of hydrogen-bond donors (Lipinski definition) is 2. The predicted octanol–water partition coefficient (Wildman–Crippen LogP) is 1.80. The van der Waals surface area contributed by atoms with Gasteiger partial charge in [-0.15, -0.1) is 5.10 Å². The summed E-state index contributed by atoms with van der Waals surface area (Å²) in [5.74, 6) is 0.143. The van der Waals surface area contributed by atoms with Crippen molar-refractivity contribution in [1.82, 2.24) is 15.0 Å². The molecule has 2 aromatic rings. The summed E-state index contributed by atoms with van der Waals surface area (Å²) in [6.07, 6.45) is 3.90. The smallest absolute Gasteiger partial charge is 0.146 e. The lowest BCUT2D eigenvalue weighted by molar-refractivity contribution is 0.618. The zero-order chi connectivity index (χ0) is 10.4. The number of nitrogens with zero attached hydrogens (tertiary/aromatic N) is 2. The van der Waals surface area contributed by atoms with Crippen LogP contribution in [0, 0.1) is 5.82 Å². The fourth-order valence-electron chi connectivity index (χ4n) is 1.75. The second-order valence-corrected chi connectivity index (χ2v) is 3.92. The number of rotatable bonds is 2. The Labute approximate surface area is 85.9 Å². The average molecular weight is 206 g/mol.